The summed E-state index contributed by atoms with van der Waals surface area (Å²) < 4.78 is 13.1. The third-order valence-electron chi connectivity index (χ3n) is 2.60. The minimum Gasteiger partial charge on any atom is -0.492 e. The smallest absolute Gasteiger partial charge is 0.270 e. The second-order valence-corrected chi connectivity index (χ2v) is 5.11. The minimum absolute atomic E-state index is 0.234. The predicted molar refractivity (Wildman–Crippen MR) is 82.7 cm³/mol. The van der Waals surface area contributed by atoms with Crippen molar-refractivity contribution in [3.63, 3.8) is 0 Å². The lowest BCUT2D eigenvalue weighted by Crippen LogP contribution is -2.25. The number of hydrogen-bond acceptors (Lipinski definition) is 5. The Morgan fingerprint density at radius 3 is 2.71 bits per heavy atom. The van der Waals surface area contributed by atoms with Gasteiger partial charge in [-0.1, -0.05) is 22.0 Å². The molecule has 21 heavy (non-hydrogen) atoms. The van der Waals surface area contributed by atoms with E-state index < -0.39 is 0 Å². The summed E-state index contributed by atoms with van der Waals surface area (Å²) in [5.41, 5.74) is 5.09. The summed E-state index contributed by atoms with van der Waals surface area (Å²) in [7, 11) is 0. The van der Waals surface area contributed by atoms with Gasteiger partial charge in [-0.15, -0.1) is 0 Å². The van der Waals surface area contributed by atoms with Crippen LogP contribution in [0, 0.1) is 0 Å². The first-order valence-corrected chi connectivity index (χ1v) is 7.27. The van der Waals surface area contributed by atoms with Crippen molar-refractivity contribution >= 4 is 15.9 Å². The second kappa shape index (κ2) is 7.80. The summed E-state index contributed by atoms with van der Waals surface area (Å²) in [4.78, 5) is 11.8. The predicted octanol–water partition coefficient (Wildman–Crippen LogP) is 1.42. The molecular formula is C14H16BrN3O3. The van der Waals surface area contributed by atoms with Gasteiger partial charge < -0.3 is 15.2 Å². The van der Waals surface area contributed by atoms with Gasteiger partial charge in [0.15, 0.2) is 0 Å². The van der Waals surface area contributed by atoms with Gasteiger partial charge in [0.25, 0.3) is 5.56 Å². The van der Waals surface area contributed by atoms with E-state index in [-0.39, 0.29) is 5.56 Å². The maximum absolute atomic E-state index is 11.8. The highest BCUT2D eigenvalue weighted by Gasteiger charge is 2.02. The summed E-state index contributed by atoms with van der Waals surface area (Å²) in [5.74, 6) is 1.16. The van der Waals surface area contributed by atoms with Crippen molar-refractivity contribution in [2.24, 2.45) is 5.73 Å². The zero-order valence-electron chi connectivity index (χ0n) is 11.4. The molecule has 6 nitrogen and oxygen atoms in total. The van der Waals surface area contributed by atoms with Crippen LogP contribution in [0.3, 0.4) is 0 Å². The average Bonchev–Trinajstić information content (AvgIpc) is 2.47. The Morgan fingerprint density at radius 2 is 2.00 bits per heavy atom. The molecule has 0 saturated carbocycles. The van der Waals surface area contributed by atoms with E-state index in [0.29, 0.717) is 32.1 Å². The molecule has 7 heteroatoms. The van der Waals surface area contributed by atoms with Crippen LogP contribution in [0.4, 0.5) is 0 Å². The van der Waals surface area contributed by atoms with Crippen molar-refractivity contribution in [2.75, 3.05) is 19.8 Å². The van der Waals surface area contributed by atoms with Gasteiger partial charge in [0, 0.05) is 17.1 Å². The van der Waals surface area contributed by atoms with E-state index in [0.717, 1.165) is 10.2 Å². The van der Waals surface area contributed by atoms with Gasteiger partial charge in [0.05, 0.1) is 12.7 Å². The van der Waals surface area contributed by atoms with E-state index >= 15 is 0 Å². The third kappa shape index (κ3) is 4.87. The topological polar surface area (TPSA) is 79.4 Å². The fourth-order valence-corrected chi connectivity index (χ4v) is 2.03. The van der Waals surface area contributed by atoms with Crippen molar-refractivity contribution in [1.82, 2.24) is 9.78 Å². The Morgan fingerprint density at radius 1 is 1.19 bits per heavy atom. The molecule has 1 aromatic carbocycles. The van der Waals surface area contributed by atoms with Gasteiger partial charge in [-0.3, -0.25) is 4.79 Å². The molecule has 0 fully saturated rings. The molecule has 112 valence electrons. The molecule has 0 bridgehead atoms. The molecule has 0 amide bonds. The summed E-state index contributed by atoms with van der Waals surface area (Å²) in [6.45, 7) is 1.47. The van der Waals surface area contributed by atoms with E-state index in [9.17, 15) is 4.79 Å². The van der Waals surface area contributed by atoms with Crippen molar-refractivity contribution < 1.29 is 9.47 Å². The number of ether oxygens (including phenoxy) is 2. The van der Waals surface area contributed by atoms with Crippen molar-refractivity contribution in [3.8, 4) is 11.5 Å². The standard InChI is InChI=1S/C14H16BrN3O3/c15-11-2-1-3-12(8-11)21-7-5-18-14(19)9-13(10-17-18)20-6-4-16/h1-3,8-10H,4-7,16H2. The number of halogens is 1. The zero-order chi connectivity index (χ0) is 15.1. The quantitative estimate of drug-likeness (QED) is 0.814. The number of nitrogens with two attached hydrogens (primary N) is 1. The second-order valence-electron chi connectivity index (χ2n) is 4.20. The molecular weight excluding hydrogens is 338 g/mol. The molecule has 0 atom stereocenters. The fourth-order valence-electron chi connectivity index (χ4n) is 1.65. The van der Waals surface area contributed by atoms with E-state index in [4.69, 9.17) is 15.2 Å². The molecule has 0 spiro atoms. The van der Waals surface area contributed by atoms with Crippen LogP contribution < -0.4 is 20.8 Å². The molecule has 0 unspecified atom stereocenters. The lowest BCUT2D eigenvalue weighted by Gasteiger charge is -2.09. The molecule has 2 rings (SSSR count). The Labute approximate surface area is 130 Å². The normalized spacial score (nSPS) is 10.4. The van der Waals surface area contributed by atoms with Crippen LogP contribution in [0.5, 0.6) is 11.5 Å². The summed E-state index contributed by atoms with van der Waals surface area (Å²) in [6.07, 6.45) is 1.50. The van der Waals surface area contributed by atoms with E-state index in [1.54, 1.807) is 0 Å². The van der Waals surface area contributed by atoms with Gasteiger partial charge in [-0.05, 0) is 18.2 Å². The molecule has 1 aromatic heterocycles. The van der Waals surface area contributed by atoms with Crippen LogP contribution in [0.15, 0.2) is 45.8 Å². The molecule has 0 aliphatic carbocycles. The Balaban J connectivity index is 1.90. The fraction of sp³-hybridized carbons (Fsp3) is 0.286. The first-order valence-electron chi connectivity index (χ1n) is 6.47. The van der Waals surface area contributed by atoms with E-state index in [1.165, 1.54) is 16.9 Å². The largest absolute Gasteiger partial charge is 0.492 e. The molecule has 2 N–H and O–H groups in total. The first-order chi connectivity index (χ1) is 10.2. The van der Waals surface area contributed by atoms with Gasteiger partial charge in [-0.25, -0.2) is 4.68 Å². The van der Waals surface area contributed by atoms with Gasteiger partial charge in [-0.2, -0.15) is 5.10 Å². The highest BCUT2D eigenvalue weighted by atomic mass is 79.9. The third-order valence-corrected chi connectivity index (χ3v) is 3.09. The summed E-state index contributed by atoms with van der Waals surface area (Å²) >= 11 is 3.37. The first kappa shape index (κ1) is 15.5. The van der Waals surface area contributed by atoms with Crippen LogP contribution in [-0.4, -0.2) is 29.5 Å². The Bertz CT molecular complexity index is 645. The highest BCUT2D eigenvalue weighted by Crippen LogP contribution is 2.17. The van der Waals surface area contributed by atoms with Crippen LogP contribution in [0.25, 0.3) is 0 Å². The lowest BCUT2D eigenvalue weighted by atomic mass is 10.3. The molecule has 0 saturated heterocycles. The lowest BCUT2D eigenvalue weighted by molar-refractivity contribution is 0.284. The highest BCUT2D eigenvalue weighted by molar-refractivity contribution is 9.10. The molecule has 0 aliphatic rings. The van der Waals surface area contributed by atoms with Crippen molar-refractivity contribution in [1.29, 1.82) is 0 Å². The number of benzene rings is 1. The monoisotopic (exact) mass is 353 g/mol. The summed E-state index contributed by atoms with van der Waals surface area (Å²) in [6, 6.07) is 8.90. The molecule has 0 aliphatic heterocycles. The van der Waals surface area contributed by atoms with E-state index in [1.807, 2.05) is 24.3 Å². The average molecular weight is 354 g/mol. The van der Waals surface area contributed by atoms with Crippen molar-refractivity contribution in [3.05, 3.63) is 51.4 Å². The van der Waals surface area contributed by atoms with Crippen LogP contribution in [0.1, 0.15) is 0 Å². The number of aromatic nitrogens is 2. The number of rotatable bonds is 7. The maximum atomic E-state index is 11.8. The maximum Gasteiger partial charge on any atom is 0.270 e. The molecule has 1 heterocycles. The van der Waals surface area contributed by atoms with Crippen LogP contribution >= 0.6 is 15.9 Å². The van der Waals surface area contributed by atoms with Crippen molar-refractivity contribution in [2.45, 2.75) is 6.54 Å². The van der Waals surface area contributed by atoms with E-state index in [2.05, 4.69) is 21.0 Å². The Kier molecular flexibility index (Phi) is 5.77. The number of nitrogens with zero attached hydrogens (tertiary/aromatic N) is 2. The summed E-state index contributed by atoms with van der Waals surface area (Å²) in [5, 5.41) is 4.03. The SMILES string of the molecule is NCCOc1cnn(CCOc2cccc(Br)c2)c(=O)c1. The van der Waals surface area contributed by atoms with Crippen LogP contribution in [-0.2, 0) is 6.54 Å². The number of hydrogen-bond donors (Lipinski definition) is 1. The van der Waals surface area contributed by atoms with Crippen LogP contribution in [0.2, 0.25) is 0 Å². The molecule has 0 radical (unpaired) electrons. The Hall–Kier alpha value is -1.86. The molecule has 2 aromatic rings. The van der Waals surface area contributed by atoms with Gasteiger partial charge in [0.2, 0.25) is 0 Å². The van der Waals surface area contributed by atoms with Gasteiger partial charge >= 0.3 is 0 Å². The minimum atomic E-state index is -0.234. The zero-order valence-corrected chi connectivity index (χ0v) is 13.0. The van der Waals surface area contributed by atoms with Gasteiger partial charge in [0.1, 0.15) is 24.7 Å².